The molecule has 0 fully saturated rings. The quantitative estimate of drug-likeness (QED) is 0.778. The van der Waals surface area contributed by atoms with Gasteiger partial charge in [0.15, 0.2) is 0 Å². The van der Waals surface area contributed by atoms with Crippen LogP contribution in [0.5, 0.6) is 0 Å². The monoisotopic (exact) mass is 301 g/mol. The lowest BCUT2D eigenvalue weighted by atomic mass is 10.1. The van der Waals surface area contributed by atoms with Crippen LogP contribution in [0.2, 0.25) is 0 Å². The zero-order valence-electron chi connectivity index (χ0n) is 11.0. The van der Waals surface area contributed by atoms with Crippen molar-refractivity contribution >= 4 is 33.1 Å². The van der Waals surface area contributed by atoms with E-state index < -0.39 is 11.7 Å². The number of benzene rings is 2. The highest BCUT2D eigenvalue weighted by Gasteiger charge is 2.07. The number of nitrogens with one attached hydrogen (secondary N) is 1. The molecule has 0 aliphatic rings. The number of hydrogen-bond acceptors (Lipinski definition) is 4. The summed E-state index contributed by atoms with van der Waals surface area (Å²) in [5.74, 6) is -1.08. The lowest BCUT2D eigenvalue weighted by Crippen LogP contribution is -2.12. The normalized spacial score (nSPS) is 10.7. The molecule has 0 aliphatic heterocycles. The van der Waals surface area contributed by atoms with Gasteiger partial charge >= 0.3 is 0 Å². The number of fused-ring (bicyclic) bond motifs is 1. The van der Waals surface area contributed by atoms with Gasteiger partial charge in [-0.05, 0) is 30.3 Å². The molecule has 0 spiro atoms. The average Bonchev–Trinajstić information content (AvgIpc) is 2.93. The van der Waals surface area contributed by atoms with E-state index in [1.807, 2.05) is 18.2 Å². The molecule has 0 saturated heterocycles. The van der Waals surface area contributed by atoms with Crippen LogP contribution >= 0.6 is 11.3 Å². The predicted molar refractivity (Wildman–Crippen MR) is 81.9 cm³/mol. The Labute approximate surface area is 124 Å². The molecule has 4 nitrogen and oxygen atoms in total. The highest BCUT2D eigenvalue weighted by Crippen LogP contribution is 2.22. The van der Waals surface area contributed by atoms with Crippen molar-refractivity contribution in [3.05, 3.63) is 58.9 Å². The number of carbonyl (C=O) groups is 1. The first-order valence-electron chi connectivity index (χ1n) is 6.29. The second kappa shape index (κ2) is 5.49. The van der Waals surface area contributed by atoms with Crippen molar-refractivity contribution in [3.8, 4) is 0 Å². The van der Waals surface area contributed by atoms with Crippen LogP contribution in [-0.4, -0.2) is 10.9 Å². The number of anilines is 1. The van der Waals surface area contributed by atoms with Crippen LogP contribution in [0.25, 0.3) is 10.2 Å². The van der Waals surface area contributed by atoms with Crippen LogP contribution in [0.1, 0.15) is 15.9 Å². The number of halogens is 1. The van der Waals surface area contributed by atoms with Crippen molar-refractivity contribution in [1.82, 2.24) is 4.98 Å². The summed E-state index contributed by atoms with van der Waals surface area (Å²) in [7, 11) is 0. The maximum Gasteiger partial charge on any atom is 0.248 e. The van der Waals surface area contributed by atoms with E-state index in [1.165, 1.54) is 6.07 Å². The van der Waals surface area contributed by atoms with Crippen molar-refractivity contribution in [2.75, 3.05) is 5.32 Å². The standard InChI is InChI=1S/C15H12FN3OS/c16-12-5-9(15(17)20)1-2-10(12)7-18-11-3-4-13-14(6-11)21-8-19-13/h1-6,8,18H,7H2,(H2,17,20). The predicted octanol–water partition coefficient (Wildman–Crippen LogP) is 3.15. The van der Waals surface area contributed by atoms with E-state index >= 15 is 0 Å². The van der Waals surface area contributed by atoms with Crippen molar-refractivity contribution in [3.63, 3.8) is 0 Å². The number of carbonyl (C=O) groups excluding carboxylic acids is 1. The third-order valence-corrected chi connectivity index (χ3v) is 3.94. The molecule has 0 radical (unpaired) electrons. The van der Waals surface area contributed by atoms with E-state index in [2.05, 4.69) is 10.3 Å². The Hall–Kier alpha value is -2.47. The van der Waals surface area contributed by atoms with Gasteiger partial charge in [-0.2, -0.15) is 0 Å². The van der Waals surface area contributed by atoms with Gasteiger partial charge in [-0.15, -0.1) is 11.3 Å². The number of aromatic nitrogens is 1. The van der Waals surface area contributed by atoms with Gasteiger partial charge in [0.2, 0.25) is 5.91 Å². The summed E-state index contributed by atoms with van der Waals surface area (Å²) in [5, 5.41) is 3.16. The molecule has 1 amide bonds. The SMILES string of the molecule is NC(=O)c1ccc(CNc2ccc3ncsc3c2)c(F)c1. The van der Waals surface area contributed by atoms with Gasteiger partial charge in [-0.25, -0.2) is 9.37 Å². The highest BCUT2D eigenvalue weighted by atomic mass is 32.1. The maximum absolute atomic E-state index is 13.9. The van der Waals surface area contributed by atoms with E-state index in [0.29, 0.717) is 12.1 Å². The van der Waals surface area contributed by atoms with Gasteiger partial charge in [0.25, 0.3) is 0 Å². The van der Waals surface area contributed by atoms with Crippen molar-refractivity contribution in [1.29, 1.82) is 0 Å². The van der Waals surface area contributed by atoms with Gasteiger partial charge in [-0.1, -0.05) is 6.07 Å². The van der Waals surface area contributed by atoms with Crippen LogP contribution in [0.15, 0.2) is 41.9 Å². The summed E-state index contributed by atoms with van der Waals surface area (Å²) in [4.78, 5) is 15.2. The number of nitrogens with two attached hydrogens (primary N) is 1. The second-order valence-corrected chi connectivity index (χ2v) is 5.45. The minimum absolute atomic E-state index is 0.169. The molecule has 0 saturated carbocycles. The van der Waals surface area contributed by atoms with E-state index in [9.17, 15) is 9.18 Å². The van der Waals surface area contributed by atoms with Crippen LogP contribution < -0.4 is 11.1 Å². The maximum atomic E-state index is 13.9. The summed E-state index contributed by atoms with van der Waals surface area (Å²) in [6.07, 6.45) is 0. The minimum atomic E-state index is -0.635. The van der Waals surface area contributed by atoms with Crippen LogP contribution in [0.3, 0.4) is 0 Å². The molecule has 0 atom stereocenters. The number of primary amides is 1. The summed E-state index contributed by atoms with van der Waals surface area (Å²) in [5.41, 5.74) is 9.39. The fourth-order valence-electron chi connectivity index (χ4n) is 2.01. The largest absolute Gasteiger partial charge is 0.381 e. The molecular weight excluding hydrogens is 289 g/mol. The smallest absolute Gasteiger partial charge is 0.248 e. The van der Waals surface area contributed by atoms with Crippen LogP contribution in [0.4, 0.5) is 10.1 Å². The summed E-state index contributed by atoms with van der Waals surface area (Å²) < 4.78 is 14.9. The van der Waals surface area contributed by atoms with Gasteiger partial charge in [-0.3, -0.25) is 4.79 Å². The molecule has 0 aliphatic carbocycles. The third kappa shape index (κ3) is 2.85. The topological polar surface area (TPSA) is 68.0 Å². The van der Waals surface area contributed by atoms with Gasteiger partial charge < -0.3 is 11.1 Å². The number of hydrogen-bond donors (Lipinski definition) is 2. The first-order chi connectivity index (χ1) is 10.1. The Balaban J connectivity index is 1.76. The Kier molecular flexibility index (Phi) is 3.53. The summed E-state index contributed by atoms with van der Waals surface area (Å²) in [6.45, 7) is 0.329. The number of nitrogens with zero attached hydrogens (tertiary/aromatic N) is 1. The highest BCUT2D eigenvalue weighted by molar-refractivity contribution is 7.16. The summed E-state index contributed by atoms with van der Waals surface area (Å²) >= 11 is 1.55. The van der Waals surface area contributed by atoms with Crippen LogP contribution in [0, 0.1) is 5.82 Å². The molecule has 3 aromatic rings. The van der Waals surface area contributed by atoms with Crippen molar-refractivity contribution < 1.29 is 9.18 Å². The lowest BCUT2D eigenvalue weighted by Gasteiger charge is -2.08. The molecule has 1 heterocycles. The number of rotatable bonds is 4. The summed E-state index contributed by atoms with van der Waals surface area (Å²) in [6, 6.07) is 10.0. The van der Waals surface area contributed by atoms with Gasteiger partial charge in [0.05, 0.1) is 15.7 Å². The fourth-order valence-corrected chi connectivity index (χ4v) is 2.72. The molecular formula is C15H12FN3OS. The average molecular weight is 301 g/mol. The van der Waals surface area contributed by atoms with Gasteiger partial charge in [0, 0.05) is 23.4 Å². The number of thiazole rings is 1. The second-order valence-electron chi connectivity index (χ2n) is 4.56. The van der Waals surface area contributed by atoms with E-state index in [-0.39, 0.29) is 5.56 Å². The molecule has 2 aromatic carbocycles. The van der Waals surface area contributed by atoms with E-state index in [4.69, 9.17) is 5.73 Å². The molecule has 0 unspecified atom stereocenters. The van der Waals surface area contributed by atoms with Crippen LogP contribution in [-0.2, 0) is 6.54 Å². The van der Waals surface area contributed by atoms with Crippen molar-refractivity contribution in [2.24, 2.45) is 5.73 Å². The molecule has 6 heteroatoms. The molecule has 1 aromatic heterocycles. The Bertz CT molecular complexity index is 816. The zero-order chi connectivity index (χ0) is 14.8. The van der Waals surface area contributed by atoms with Crippen molar-refractivity contribution in [2.45, 2.75) is 6.54 Å². The first-order valence-corrected chi connectivity index (χ1v) is 7.17. The molecule has 3 N–H and O–H groups in total. The lowest BCUT2D eigenvalue weighted by molar-refractivity contribution is 0.1000. The Morgan fingerprint density at radius 3 is 2.90 bits per heavy atom. The number of amides is 1. The van der Waals surface area contributed by atoms with E-state index in [0.717, 1.165) is 22.0 Å². The Morgan fingerprint density at radius 2 is 2.14 bits per heavy atom. The zero-order valence-corrected chi connectivity index (χ0v) is 11.8. The third-order valence-electron chi connectivity index (χ3n) is 3.15. The molecule has 3 rings (SSSR count). The molecule has 0 bridgehead atoms. The molecule has 106 valence electrons. The first kappa shape index (κ1) is 13.5. The van der Waals surface area contributed by atoms with E-state index in [1.54, 1.807) is 22.9 Å². The fraction of sp³-hybridized carbons (Fsp3) is 0.0667. The van der Waals surface area contributed by atoms with Gasteiger partial charge in [0.1, 0.15) is 5.82 Å². The molecule has 21 heavy (non-hydrogen) atoms. The minimum Gasteiger partial charge on any atom is -0.381 e. The Morgan fingerprint density at radius 1 is 1.29 bits per heavy atom.